The second-order valence-electron chi connectivity index (χ2n) is 4.15. The lowest BCUT2D eigenvalue weighted by Gasteiger charge is -2.11. The Morgan fingerprint density at radius 3 is 2.56 bits per heavy atom. The predicted octanol–water partition coefficient (Wildman–Crippen LogP) is 0.979. The molecule has 7 nitrogen and oxygen atoms in total. The van der Waals surface area contributed by atoms with Crippen molar-refractivity contribution < 1.29 is 14.8 Å². The SMILES string of the molecule is CN(C)CCc1ccc(C(=O)O)c(N)c1[N+](=O)[O-]. The van der Waals surface area contributed by atoms with Gasteiger partial charge in [-0.1, -0.05) is 6.07 Å². The number of nitrogens with two attached hydrogens (primary N) is 1. The maximum Gasteiger partial charge on any atom is 0.338 e. The number of hydrogen-bond acceptors (Lipinski definition) is 5. The monoisotopic (exact) mass is 253 g/mol. The third-order valence-corrected chi connectivity index (χ3v) is 2.54. The van der Waals surface area contributed by atoms with Gasteiger partial charge in [0.25, 0.3) is 5.69 Å². The lowest BCUT2D eigenvalue weighted by atomic mass is 10.0. The van der Waals surface area contributed by atoms with Crippen LogP contribution >= 0.6 is 0 Å². The van der Waals surface area contributed by atoms with E-state index in [4.69, 9.17) is 10.8 Å². The zero-order valence-corrected chi connectivity index (χ0v) is 10.2. The first-order valence-corrected chi connectivity index (χ1v) is 5.28. The average Bonchev–Trinajstić information content (AvgIpc) is 2.24. The summed E-state index contributed by atoms with van der Waals surface area (Å²) in [7, 11) is 3.70. The molecule has 7 heteroatoms. The summed E-state index contributed by atoms with van der Waals surface area (Å²) in [6, 6.07) is 2.75. The van der Waals surface area contributed by atoms with Crippen LogP contribution in [0.2, 0.25) is 0 Å². The third-order valence-electron chi connectivity index (χ3n) is 2.54. The van der Waals surface area contributed by atoms with Crippen LogP contribution in [0.15, 0.2) is 12.1 Å². The van der Waals surface area contributed by atoms with Gasteiger partial charge in [0.15, 0.2) is 0 Å². The molecule has 0 aromatic heterocycles. The number of carbonyl (C=O) groups is 1. The molecule has 98 valence electrons. The normalized spacial score (nSPS) is 10.6. The molecule has 1 aromatic rings. The van der Waals surface area contributed by atoms with Crippen LogP contribution in [-0.4, -0.2) is 41.5 Å². The molecule has 0 radical (unpaired) electrons. The number of benzene rings is 1. The quantitative estimate of drug-likeness (QED) is 0.460. The summed E-state index contributed by atoms with van der Waals surface area (Å²) in [5.74, 6) is -1.27. The van der Waals surface area contributed by atoms with Gasteiger partial charge in [-0.15, -0.1) is 0 Å². The van der Waals surface area contributed by atoms with Crippen molar-refractivity contribution in [1.82, 2.24) is 4.90 Å². The maximum absolute atomic E-state index is 11.0. The minimum atomic E-state index is -1.27. The molecule has 0 atom stereocenters. The molecule has 0 fully saturated rings. The Morgan fingerprint density at radius 1 is 1.50 bits per heavy atom. The van der Waals surface area contributed by atoms with Gasteiger partial charge < -0.3 is 15.7 Å². The van der Waals surface area contributed by atoms with Crippen molar-refractivity contribution in [1.29, 1.82) is 0 Å². The molecule has 18 heavy (non-hydrogen) atoms. The number of aromatic carboxylic acids is 1. The van der Waals surface area contributed by atoms with E-state index in [1.807, 2.05) is 19.0 Å². The molecule has 0 saturated heterocycles. The van der Waals surface area contributed by atoms with E-state index in [0.717, 1.165) is 0 Å². The number of likely N-dealkylation sites (N-methyl/N-ethyl adjacent to an activating group) is 1. The summed E-state index contributed by atoms with van der Waals surface area (Å²) in [6.07, 6.45) is 0.438. The van der Waals surface area contributed by atoms with Crippen molar-refractivity contribution in [2.45, 2.75) is 6.42 Å². The average molecular weight is 253 g/mol. The van der Waals surface area contributed by atoms with Gasteiger partial charge in [0.05, 0.1) is 10.5 Å². The van der Waals surface area contributed by atoms with Gasteiger partial charge in [0.2, 0.25) is 0 Å². The van der Waals surface area contributed by atoms with Gasteiger partial charge in [-0.2, -0.15) is 0 Å². The van der Waals surface area contributed by atoms with E-state index < -0.39 is 10.9 Å². The van der Waals surface area contributed by atoms with Crippen molar-refractivity contribution in [2.24, 2.45) is 0 Å². The van der Waals surface area contributed by atoms with Crippen molar-refractivity contribution >= 4 is 17.3 Å². The molecular formula is C11H15N3O4. The summed E-state index contributed by atoms with van der Waals surface area (Å²) in [5, 5.41) is 19.9. The van der Waals surface area contributed by atoms with Crippen LogP contribution in [0.3, 0.4) is 0 Å². The van der Waals surface area contributed by atoms with Gasteiger partial charge in [0, 0.05) is 12.1 Å². The summed E-state index contributed by atoms with van der Waals surface area (Å²) in [5.41, 5.74) is 5.16. The van der Waals surface area contributed by atoms with E-state index in [1.54, 1.807) is 0 Å². The van der Waals surface area contributed by atoms with E-state index in [9.17, 15) is 14.9 Å². The maximum atomic E-state index is 11.0. The second-order valence-corrected chi connectivity index (χ2v) is 4.15. The molecule has 0 bridgehead atoms. The van der Waals surface area contributed by atoms with Gasteiger partial charge in [-0.25, -0.2) is 4.79 Å². The molecule has 0 aliphatic carbocycles. The molecule has 3 N–H and O–H groups in total. The Balaban J connectivity index is 3.23. The molecule has 1 aromatic carbocycles. The highest BCUT2D eigenvalue weighted by Crippen LogP contribution is 2.30. The van der Waals surface area contributed by atoms with E-state index in [1.165, 1.54) is 12.1 Å². The van der Waals surface area contributed by atoms with Gasteiger partial charge in [0.1, 0.15) is 5.69 Å². The summed E-state index contributed by atoms with van der Waals surface area (Å²) in [4.78, 5) is 23.1. The molecule has 0 spiro atoms. The Morgan fingerprint density at radius 2 is 2.11 bits per heavy atom. The van der Waals surface area contributed by atoms with Crippen LogP contribution in [0.25, 0.3) is 0 Å². The van der Waals surface area contributed by atoms with Crippen LogP contribution in [0.1, 0.15) is 15.9 Å². The summed E-state index contributed by atoms with van der Waals surface area (Å²) in [6.45, 7) is 0.618. The topological polar surface area (TPSA) is 110 Å². The zero-order valence-electron chi connectivity index (χ0n) is 10.2. The third kappa shape index (κ3) is 2.95. The Bertz CT molecular complexity index is 485. The number of anilines is 1. The zero-order chi connectivity index (χ0) is 13.9. The fraction of sp³-hybridized carbons (Fsp3) is 0.364. The molecule has 0 amide bonds. The van der Waals surface area contributed by atoms with E-state index in [2.05, 4.69) is 0 Å². The minimum Gasteiger partial charge on any atom is -0.478 e. The fourth-order valence-electron chi connectivity index (χ4n) is 1.60. The van der Waals surface area contributed by atoms with Gasteiger partial charge in [-0.3, -0.25) is 10.1 Å². The fourth-order valence-corrected chi connectivity index (χ4v) is 1.60. The molecule has 0 saturated carbocycles. The molecule has 0 aliphatic rings. The number of nitrogen functional groups attached to an aromatic ring is 1. The van der Waals surface area contributed by atoms with Crippen LogP contribution in [0.4, 0.5) is 11.4 Å². The lowest BCUT2D eigenvalue weighted by Crippen LogP contribution is -2.16. The molecular weight excluding hydrogens is 238 g/mol. The molecule has 0 unspecified atom stereocenters. The summed E-state index contributed by atoms with van der Waals surface area (Å²) < 4.78 is 0. The molecule has 1 rings (SSSR count). The summed E-state index contributed by atoms with van der Waals surface area (Å²) >= 11 is 0. The smallest absolute Gasteiger partial charge is 0.338 e. The van der Waals surface area contributed by atoms with Crippen LogP contribution in [0.5, 0.6) is 0 Å². The van der Waals surface area contributed by atoms with Crippen LogP contribution in [0, 0.1) is 10.1 Å². The first kappa shape index (κ1) is 13.9. The number of rotatable bonds is 5. The standard InChI is InChI=1S/C11H15N3O4/c1-13(2)6-5-7-3-4-8(11(15)16)9(12)10(7)14(17)18/h3-4H,5-6,12H2,1-2H3,(H,15,16). The Labute approximate surface area is 104 Å². The number of carboxylic acids is 1. The molecule has 0 aliphatic heterocycles. The lowest BCUT2D eigenvalue weighted by molar-refractivity contribution is -0.384. The highest BCUT2D eigenvalue weighted by Gasteiger charge is 2.23. The van der Waals surface area contributed by atoms with E-state index in [0.29, 0.717) is 18.5 Å². The van der Waals surface area contributed by atoms with E-state index >= 15 is 0 Å². The highest BCUT2D eigenvalue weighted by molar-refractivity contribution is 5.96. The van der Waals surface area contributed by atoms with Crippen molar-refractivity contribution in [3.63, 3.8) is 0 Å². The van der Waals surface area contributed by atoms with Crippen molar-refractivity contribution in [2.75, 3.05) is 26.4 Å². The van der Waals surface area contributed by atoms with Crippen molar-refractivity contribution in [3.05, 3.63) is 33.4 Å². The van der Waals surface area contributed by atoms with E-state index in [-0.39, 0.29) is 16.9 Å². The number of hydrogen-bond donors (Lipinski definition) is 2. The Kier molecular flexibility index (Phi) is 4.22. The predicted molar refractivity (Wildman–Crippen MR) is 66.7 cm³/mol. The number of carboxylic acid groups (broad SMARTS) is 1. The first-order valence-electron chi connectivity index (χ1n) is 5.28. The van der Waals surface area contributed by atoms with Crippen LogP contribution < -0.4 is 5.73 Å². The highest BCUT2D eigenvalue weighted by atomic mass is 16.6. The van der Waals surface area contributed by atoms with Crippen LogP contribution in [-0.2, 0) is 6.42 Å². The second kappa shape index (κ2) is 5.46. The largest absolute Gasteiger partial charge is 0.478 e. The Hall–Kier alpha value is -2.15. The first-order chi connectivity index (χ1) is 8.34. The number of nitro groups is 1. The minimum absolute atomic E-state index is 0.240. The van der Waals surface area contributed by atoms with Gasteiger partial charge in [-0.05, 0) is 26.6 Å². The van der Waals surface area contributed by atoms with Gasteiger partial charge >= 0.3 is 5.97 Å². The van der Waals surface area contributed by atoms with Crippen molar-refractivity contribution in [3.8, 4) is 0 Å². The number of nitro benzene ring substituents is 1. The molecule has 0 heterocycles. The number of nitrogens with zero attached hydrogens (tertiary/aromatic N) is 2.